The maximum Gasteiger partial charge on any atom is 0.329 e. The minimum Gasteiger partial charge on any atom is -0.480 e. The topological polar surface area (TPSA) is 83.6 Å². The molecule has 0 aliphatic carbocycles. The van der Waals surface area contributed by atoms with Gasteiger partial charge in [0, 0.05) is 12.6 Å². The lowest BCUT2D eigenvalue weighted by molar-refractivity contribution is -0.147. The molecule has 0 aliphatic heterocycles. The van der Waals surface area contributed by atoms with Crippen LogP contribution in [0.1, 0.15) is 37.0 Å². The Morgan fingerprint density at radius 2 is 2.12 bits per heavy atom. The molecule has 0 aromatic carbocycles. The number of aromatic nitrogens is 1. The molecule has 0 radical (unpaired) electrons. The summed E-state index contributed by atoms with van der Waals surface area (Å²) < 4.78 is 4.81. The Balaban J connectivity index is 3.04. The Bertz CT molecular complexity index is 436. The third kappa shape index (κ3) is 2.46. The zero-order valence-corrected chi connectivity index (χ0v) is 10.4. The molecule has 1 rings (SSSR count). The SMILES string of the molecule is CCN(C(=O)c1cc(C)on1)C(C)(C)C(=O)O. The molecule has 0 atom stereocenters. The van der Waals surface area contributed by atoms with Gasteiger partial charge in [0.25, 0.3) is 5.91 Å². The summed E-state index contributed by atoms with van der Waals surface area (Å²) in [5.74, 6) is -0.998. The minimum atomic E-state index is -1.28. The first-order valence-corrected chi connectivity index (χ1v) is 5.29. The van der Waals surface area contributed by atoms with Gasteiger partial charge < -0.3 is 14.5 Å². The zero-order chi connectivity index (χ0) is 13.2. The van der Waals surface area contributed by atoms with Crippen LogP contribution in [-0.4, -0.2) is 39.1 Å². The second-order valence-corrected chi connectivity index (χ2v) is 4.24. The number of carbonyl (C=O) groups is 2. The summed E-state index contributed by atoms with van der Waals surface area (Å²) in [5.41, 5.74) is -1.16. The highest BCUT2D eigenvalue weighted by atomic mass is 16.5. The normalized spacial score (nSPS) is 11.3. The highest BCUT2D eigenvalue weighted by molar-refractivity contribution is 5.96. The predicted molar refractivity (Wildman–Crippen MR) is 59.7 cm³/mol. The smallest absolute Gasteiger partial charge is 0.329 e. The number of aryl methyl sites for hydroxylation is 1. The van der Waals surface area contributed by atoms with E-state index in [1.807, 2.05) is 0 Å². The maximum atomic E-state index is 12.1. The van der Waals surface area contributed by atoms with Crippen molar-refractivity contribution in [2.45, 2.75) is 33.2 Å². The Hall–Kier alpha value is -1.85. The molecule has 1 aromatic heterocycles. The second-order valence-electron chi connectivity index (χ2n) is 4.24. The lowest BCUT2D eigenvalue weighted by atomic mass is 10.0. The fourth-order valence-electron chi connectivity index (χ4n) is 1.51. The molecule has 6 nitrogen and oxygen atoms in total. The summed E-state index contributed by atoms with van der Waals surface area (Å²) in [7, 11) is 0. The van der Waals surface area contributed by atoms with Gasteiger partial charge in [-0.25, -0.2) is 4.79 Å². The van der Waals surface area contributed by atoms with Gasteiger partial charge in [0.05, 0.1) is 0 Å². The number of carbonyl (C=O) groups excluding carboxylic acids is 1. The van der Waals surface area contributed by atoms with Crippen molar-refractivity contribution in [3.63, 3.8) is 0 Å². The molecule has 0 unspecified atom stereocenters. The molecule has 0 bridgehead atoms. The molecule has 0 aliphatic rings. The lowest BCUT2D eigenvalue weighted by Gasteiger charge is -2.33. The van der Waals surface area contributed by atoms with Crippen LogP contribution >= 0.6 is 0 Å². The largest absolute Gasteiger partial charge is 0.480 e. The Morgan fingerprint density at radius 3 is 2.47 bits per heavy atom. The minimum absolute atomic E-state index is 0.124. The van der Waals surface area contributed by atoms with E-state index < -0.39 is 17.4 Å². The number of likely N-dealkylation sites (N-methyl/N-ethyl adjacent to an activating group) is 1. The fraction of sp³-hybridized carbons (Fsp3) is 0.545. The average molecular weight is 240 g/mol. The van der Waals surface area contributed by atoms with Crippen molar-refractivity contribution in [3.8, 4) is 0 Å². The molecule has 1 aromatic rings. The molecule has 17 heavy (non-hydrogen) atoms. The van der Waals surface area contributed by atoms with Gasteiger partial charge >= 0.3 is 5.97 Å². The molecule has 1 N–H and O–H groups in total. The molecule has 94 valence electrons. The number of carboxylic acids is 1. The van der Waals surface area contributed by atoms with Crippen molar-refractivity contribution in [2.24, 2.45) is 0 Å². The van der Waals surface area contributed by atoms with Crippen LogP contribution in [-0.2, 0) is 4.79 Å². The maximum absolute atomic E-state index is 12.1. The van der Waals surface area contributed by atoms with Crippen molar-refractivity contribution in [1.29, 1.82) is 0 Å². The van der Waals surface area contributed by atoms with Gasteiger partial charge in [-0.2, -0.15) is 0 Å². The third-order valence-corrected chi connectivity index (χ3v) is 2.61. The van der Waals surface area contributed by atoms with Crippen LogP contribution in [0.4, 0.5) is 0 Å². The summed E-state index contributed by atoms with van der Waals surface area (Å²) in [5, 5.41) is 12.7. The summed E-state index contributed by atoms with van der Waals surface area (Å²) in [4.78, 5) is 24.4. The van der Waals surface area contributed by atoms with Crippen LogP contribution in [0.25, 0.3) is 0 Å². The van der Waals surface area contributed by atoms with Gasteiger partial charge in [0.15, 0.2) is 5.69 Å². The van der Waals surface area contributed by atoms with Gasteiger partial charge in [-0.05, 0) is 27.7 Å². The first-order chi connectivity index (χ1) is 7.80. The molecule has 1 amide bonds. The van der Waals surface area contributed by atoms with E-state index in [2.05, 4.69) is 5.16 Å². The molecule has 0 saturated carbocycles. The van der Waals surface area contributed by atoms with Gasteiger partial charge in [-0.1, -0.05) is 5.16 Å². The molecule has 0 spiro atoms. The highest BCUT2D eigenvalue weighted by Gasteiger charge is 2.38. The van der Waals surface area contributed by atoms with Crippen molar-refractivity contribution in [2.75, 3.05) is 6.54 Å². The van der Waals surface area contributed by atoms with E-state index in [9.17, 15) is 9.59 Å². The van der Waals surface area contributed by atoms with Gasteiger partial charge in [0.1, 0.15) is 11.3 Å². The summed E-state index contributed by atoms with van der Waals surface area (Å²) in [6, 6.07) is 1.49. The average Bonchev–Trinajstić information content (AvgIpc) is 2.65. The molecule has 0 fully saturated rings. The number of nitrogens with zero attached hydrogens (tertiary/aromatic N) is 2. The van der Waals surface area contributed by atoms with E-state index in [4.69, 9.17) is 9.63 Å². The summed E-state index contributed by atoms with van der Waals surface area (Å²) >= 11 is 0. The van der Waals surface area contributed by atoms with Crippen molar-refractivity contribution < 1.29 is 19.2 Å². The van der Waals surface area contributed by atoms with E-state index in [1.54, 1.807) is 13.8 Å². The van der Waals surface area contributed by atoms with E-state index in [0.29, 0.717) is 5.76 Å². The number of amides is 1. The monoisotopic (exact) mass is 240 g/mol. The van der Waals surface area contributed by atoms with Crippen molar-refractivity contribution >= 4 is 11.9 Å². The Morgan fingerprint density at radius 1 is 1.53 bits per heavy atom. The zero-order valence-electron chi connectivity index (χ0n) is 10.4. The Labute approximate surface area is 99.2 Å². The number of aliphatic carboxylic acids is 1. The lowest BCUT2D eigenvalue weighted by Crippen LogP contribution is -2.53. The summed E-state index contributed by atoms with van der Waals surface area (Å²) in [6.07, 6.45) is 0. The molecule has 6 heteroatoms. The molecule has 1 heterocycles. The first kappa shape index (κ1) is 13.2. The second kappa shape index (κ2) is 4.57. The van der Waals surface area contributed by atoms with Crippen LogP contribution in [0, 0.1) is 6.92 Å². The molecular weight excluding hydrogens is 224 g/mol. The fourth-order valence-corrected chi connectivity index (χ4v) is 1.51. The highest BCUT2D eigenvalue weighted by Crippen LogP contribution is 2.18. The first-order valence-electron chi connectivity index (χ1n) is 5.29. The van der Waals surface area contributed by atoms with Crippen LogP contribution in [0.2, 0.25) is 0 Å². The third-order valence-electron chi connectivity index (χ3n) is 2.61. The van der Waals surface area contributed by atoms with Crippen LogP contribution < -0.4 is 0 Å². The molecule has 0 saturated heterocycles. The molecular formula is C11H16N2O4. The quantitative estimate of drug-likeness (QED) is 0.857. The van der Waals surface area contributed by atoms with Crippen molar-refractivity contribution in [3.05, 3.63) is 17.5 Å². The van der Waals surface area contributed by atoms with E-state index in [-0.39, 0.29) is 12.2 Å². The van der Waals surface area contributed by atoms with Gasteiger partial charge in [-0.3, -0.25) is 4.79 Å². The number of rotatable bonds is 4. The van der Waals surface area contributed by atoms with Crippen LogP contribution in [0.3, 0.4) is 0 Å². The van der Waals surface area contributed by atoms with E-state index >= 15 is 0 Å². The van der Waals surface area contributed by atoms with Crippen LogP contribution in [0.5, 0.6) is 0 Å². The number of hydrogen-bond acceptors (Lipinski definition) is 4. The van der Waals surface area contributed by atoms with E-state index in [0.717, 1.165) is 0 Å². The predicted octanol–water partition coefficient (Wildman–Crippen LogP) is 1.31. The van der Waals surface area contributed by atoms with Crippen LogP contribution in [0.15, 0.2) is 10.6 Å². The van der Waals surface area contributed by atoms with Gasteiger partial charge in [-0.15, -0.1) is 0 Å². The standard InChI is InChI=1S/C11H16N2O4/c1-5-13(11(3,4)10(15)16)9(14)8-6-7(2)17-12-8/h6H,5H2,1-4H3,(H,15,16). The van der Waals surface area contributed by atoms with E-state index in [1.165, 1.54) is 24.8 Å². The Kier molecular flexibility index (Phi) is 3.55. The number of carboxylic acid groups (broad SMARTS) is 1. The summed E-state index contributed by atoms with van der Waals surface area (Å²) in [6.45, 7) is 6.62. The van der Waals surface area contributed by atoms with Gasteiger partial charge in [0.2, 0.25) is 0 Å². The van der Waals surface area contributed by atoms with Crippen molar-refractivity contribution in [1.82, 2.24) is 10.1 Å². The number of hydrogen-bond donors (Lipinski definition) is 1.